The zero-order chi connectivity index (χ0) is 13.7. The SMILES string of the molecule is CCN(CC)C(=O)Nc1oncc1-c1ccccc1. The summed E-state index contributed by atoms with van der Waals surface area (Å²) in [6, 6.07) is 9.50. The van der Waals surface area contributed by atoms with Crippen LogP contribution in [0.1, 0.15) is 13.8 Å². The first-order valence-electron chi connectivity index (χ1n) is 6.32. The Kier molecular flexibility index (Phi) is 4.18. The van der Waals surface area contributed by atoms with Crippen molar-refractivity contribution in [3.8, 4) is 11.1 Å². The van der Waals surface area contributed by atoms with Crippen molar-refractivity contribution >= 4 is 11.9 Å². The fourth-order valence-corrected chi connectivity index (χ4v) is 1.84. The number of amides is 2. The molecule has 2 amide bonds. The Balaban J connectivity index is 2.19. The molecule has 100 valence electrons. The standard InChI is InChI=1S/C14H17N3O2/c1-3-17(4-2)14(18)16-13-12(10-15-19-13)11-8-6-5-7-9-11/h5-10H,3-4H2,1-2H3,(H,16,18). The van der Waals surface area contributed by atoms with E-state index in [9.17, 15) is 4.79 Å². The molecule has 0 spiro atoms. The number of benzene rings is 1. The van der Waals surface area contributed by atoms with E-state index in [0.29, 0.717) is 19.0 Å². The number of hydrogen-bond donors (Lipinski definition) is 1. The minimum atomic E-state index is -0.182. The van der Waals surface area contributed by atoms with E-state index in [0.717, 1.165) is 11.1 Å². The summed E-state index contributed by atoms with van der Waals surface area (Å²) < 4.78 is 5.12. The molecule has 0 atom stereocenters. The second-order valence-electron chi connectivity index (χ2n) is 4.04. The van der Waals surface area contributed by atoms with Crippen molar-refractivity contribution < 1.29 is 9.32 Å². The van der Waals surface area contributed by atoms with Crippen LogP contribution < -0.4 is 5.32 Å². The van der Waals surface area contributed by atoms with Crippen LogP contribution in [0.5, 0.6) is 0 Å². The van der Waals surface area contributed by atoms with Crippen molar-refractivity contribution in [3.05, 3.63) is 36.5 Å². The Hall–Kier alpha value is -2.30. The van der Waals surface area contributed by atoms with Crippen molar-refractivity contribution in [3.63, 3.8) is 0 Å². The van der Waals surface area contributed by atoms with Crippen LogP contribution in [0, 0.1) is 0 Å². The number of nitrogens with one attached hydrogen (secondary N) is 1. The van der Waals surface area contributed by atoms with Gasteiger partial charge in [-0.1, -0.05) is 35.5 Å². The summed E-state index contributed by atoms with van der Waals surface area (Å²) in [6.07, 6.45) is 1.60. The van der Waals surface area contributed by atoms with Crippen LogP contribution in [0.25, 0.3) is 11.1 Å². The van der Waals surface area contributed by atoms with Crippen LogP contribution in [0.2, 0.25) is 0 Å². The number of rotatable bonds is 4. The Morgan fingerprint density at radius 3 is 2.58 bits per heavy atom. The molecule has 5 nitrogen and oxygen atoms in total. The van der Waals surface area contributed by atoms with Gasteiger partial charge in [0.1, 0.15) is 0 Å². The third-order valence-corrected chi connectivity index (χ3v) is 2.93. The molecule has 1 aromatic carbocycles. The molecule has 0 aliphatic rings. The maximum atomic E-state index is 12.0. The number of aromatic nitrogens is 1. The topological polar surface area (TPSA) is 58.4 Å². The lowest BCUT2D eigenvalue weighted by Crippen LogP contribution is -2.34. The highest BCUT2D eigenvalue weighted by Gasteiger charge is 2.16. The van der Waals surface area contributed by atoms with Crippen LogP contribution >= 0.6 is 0 Å². The van der Waals surface area contributed by atoms with Gasteiger partial charge in [-0.15, -0.1) is 0 Å². The fourth-order valence-electron chi connectivity index (χ4n) is 1.84. The van der Waals surface area contributed by atoms with Gasteiger partial charge in [0.2, 0.25) is 5.88 Å². The summed E-state index contributed by atoms with van der Waals surface area (Å²) in [5, 5.41) is 6.50. The first kappa shape index (κ1) is 13.1. The van der Waals surface area contributed by atoms with Crippen molar-refractivity contribution in [1.82, 2.24) is 10.1 Å². The smallest absolute Gasteiger partial charge is 0.324 e. The zero-order valence-electron chi connectivity index (χ0n) is 11.1. The number of urea groups is 1. The first-order valence-corrected chi connectivity index (χ1v) is 6.32. The number of anilines is 1. The molecule has 0 bridgehead atoms. The molecule has 5 heteroatoms. The summed E-state index contributed by atoms with van der Waals surface area (Å²) in [5.74, 6) is 0.378. The van der Waals surface area contributed by atoms with Gasteiger partial charge in [-0.25, -0.2) is 4.79 Å². The molecule has 0 saturated heterocycles. The van der Waals surface area contributed by atoms with Gasteiger partial charge in [0.05, 0.1) is 11.8 Å². The number of nitrogens with zero attached hydrogens (tertiary/aromatic N) is 2. The highest BCUT2D eigenvalue weighted by atomic mass is 16.5. The molecule has 0 aliphatic heterocycles. The summed E-state index contributed by atoms with van der Waals surface area (Å²) >= 11 is 0. The van der Waals surface area contributed by atoms with Gasteiger partial charge < -0.3 is 9.42 Å². The lowest BCUT2D eigenvalue weighted by atomic mass is 10.1. The van der Waals surface area contributed by atoms with E-state index in [1.54, 1.807) is 11.1 Å². The van der Waals surface area contributed by atoms with E-state index in [4.69, 9.17) is 4.52 Å². The average Bonchev–Trinajstić information content (AvgIpc) is 2.89. The third-order valence-electron chi connectivity index (χ3n) is 2.93. The van der Waals surface area contributed by atoms with Crippen molar-refractivity contribution in [2.45, 2.75) is 13.8 Å². The van der Waals surface area contributed by atoms with Crippen molar-refractivity contribution in [1.29, 1.82) is 0 Å². The molecule has 0 aliphatic carbocycles. The van der Waals surface area contributed by atoms with Crippen LogP contribution in [-0.4, -0.2) is 29.2 Å². The molecule has 0 fully saturated rings. The van der Waals surface area contributed by atoms with E-state index < -0.39 is 0 Å². The predicted octanol–water partition coefficient (Wildman–Crippen LogP) is 3.22. The van der Waals surface area contributed by atoms with E-state index in [-0.39, 0.29) is 6.03 Å². The van der Waals surface area contributed by atoms with Gasteiger partial charge >= 0.3 is 6.03 Å². The molecular weight excluding hydrogens is 242 g/mol. The summed E-state index contributed by atoms with van der Waals surface area (Å²) in [7, 11) is 0. The van der Waals surface area contributed by atoms with Crippen molar-refractivity contribution in [2.75, 3.05) is 18.4 Å². The highest BCUT2D eigenvalue weighted by Crippen LogP contribution is 2.27. The first-order chi connectivity index (χ1) is 9.26. The largest absolute Gasteiger partial charge is 0.338 e. The third kappa shape index (κ3) is 2.93. The van der Waals surface area contributed by atoms with Gasteiger partial charge in [-0.05, 0) is 19.4 Å². The van der Waals surface area contributed by atoms with Gasteiger partial charge in [0, 0.05) is 13.1 Å². The van der Waals surface area contributed by atoms with Crippen LogP contribution in [0.3, 0.4) is 0 Å². The molecule has 19 heavy (non-hydrogen) atoms. The quantitative estimate of drug-likeness (QED) is 0.917. The van der Waals surface area contributed by atoms with Gasteiger partial charge in [0.15, 0.2) is 0 Å². The predicted molar refractivity (Wildman–Crippen MR) is 73.9 cm³/mol. The molecule has 1 N–H and O–H groups in total. The minimum Gasteiger partial charge on any atom is -0.338 e. The number of carbonyl (C=O) groups excluding carboxylic acids is 1. The minimum absolute atomic E-state index is 0.182. The second-order valence-corrected chi connectivity index (χ2v) is 4.04. The van der Waals surface area contributed by atoms with E-state index >= 15 is 0 Å². The zero-order valence-corrected chi connectivity index (χ0v) is 11.1. The summed E-state index contributed by atoms with van der Waals surface area (Å²) in [6.45, 7) is 5.16. The van der Waals surface area contributed by atoms with Crippen LogP contribution in [0.4, 0.5) is 10.7 Å². The van der Waals surface area contributed by atoms with Crippen LogP contribution in [0.15, 0.2) is 41.1 Å². The number of hydrogen-bond acceptors (Lipinski definition) is 3. The molecule has 1 aromatic heterocycles. The second kappa shape index (κ2) is 6.04. The normalized spacial score (nSPS) is 10.2. The van der Waals surface area contributed by atoms with E-state index in [1.165, 1.54) is 0 Å². The molecular formula is C14H17N3O2. The Bertz CT molecular complexity index is 533. The molecule has 0 radical (unpaired) electrons. The number of carbonyl (C=O) groups is 1. The lowest BCUT2D eigenvalue weighted by molar-refractivity contribution is 0.216. The van der Waals surface area contributed by atoms with Gasteiger partial charge in [0.25, 0.3) is 0 Å². The average molecular weight is 259 g/mol. The molecule has 2 rings (SSSR count). The Morgan fingerprint density at radius 2 is 1.95 bits per heavy atom. The monoisotopic (exact) mass is 259 g/mol. The fraction of sp³-hybridized carbons (Fsp3) is 0.286. The molecule has 0 unspecified atom stereocenters. The Morgan fingerprint density at radius 1 is 1.26 bits per heavy atom. The lowest BCUT2D eigenvalue weighted by Gasteiger charge is -2.18. The summed E-state index contributed by atoms with van der Waals surface area (Å²) in [4.78, 5) is 13.7. The van der Waals surface area contributed by atoms with Gasteiger partial charge in [-0.2, -0.15) is 0 Å². The Labute approximate surface area is 112 Å². The summed E-state index contributed by atoms with van der Waals surface area (Å²) in [5.41, 5.74) is 1.74. The van der Waals surface area contributed by atoms with E-state index in [2.05, 4.69) is 10.5 Å². The van der Waals surface area contributed by atoms with Crippen LogP contribution in [-0.2, 0) is 0 Å². The maximum Gasteiger partial charge on any atom is 0.324 e. The maximum absolute atomic E-state index is 12.0. The molecule has 0 saturated carbocycles. The van der Waals surface area contributed by atoms with Gasteiger partial charge in [-0.3, -0.25) is 5.32 Å². The molecule has 1 heterocycles. The highest BCUT2D eigenvalue weighted by molar-refractivity contribution is 5.92. The van der Waals surface area contributed by atoms with Crippen molar-refractivity contribution in [2.24, 2.45) is 0 Å². The van der Waals surface area contributed by atoms with E-state index in [1.807, 2.05) is 44.2 Å². The molecule has 2 aromatic rings.